The number of likely N-dealkylation sites (tertiary alicyclic amines) is 1. The first kappa shape index (κ1) is 19.6. The summed E-state index contributed by atoms with van der Waals surface area (Å²) in [6.45, 7) is 1.48. The molecule has 1 aromatic carbocycles. The van der Waals surface area contributed by atoms with E-state index in [-0.39, 0.29) is 42.9 Å². The number of halogens is 3. The molecule has 0 aliphatic carbocycles. The molecule has 0 aromatic heterocycles. The summed E-state index contributed by atoms with van der Waals surface area (Å²) in [7, 11) is 1.91. The van der Waals surface area contributed by atoms with Gasteiger partial charge in [0, 0.05) is 38.2 Å². The second-order valence-electron chi connectivity index (χ2n) is 6.39. The van der Waals surface area contributed by atoms with Crippen molar-refractivity contribution in [1.82, 2.24) is 10.2 Å². The molecule has 1 N–H and O–H groups in total. The molecule has 0 spiro atoms. The summed E-state index contributed by atoms with van der Waals surface area (Å²) in [5, 5.41) is 3.21. The van der Waals surface area contributed by atoms with Gasteiger partial charge in [0.05, 0.1) is 11.6 Å². The van der Waals surface area contributed by atoms with E-state index in [1.165, 1.54) is 11.0 Å². The van der Waals surface area contributed by atoms with Crippen molar-refractivity contribution in [3.05, 3.63) is 29.8 Å². The van der Waals surface area contributed by atoms with Crippen LogP contribution in [0.15, 0.2) is 18.2 Å². The van der Waals surface area contributed by atoms with E-state index >= 15 is 0 Å². The number of amides is 2. The summed E-state index contributed by atoms with van der Waals surface area (Å²) in [5.41, 5.74) is 0.0330. The monoisotopic (exact) mass is 373 g/mol. The number of nitrogens with zero attached hydrogens (tertiary/aromatic N) is 2. The molecule has 2 aliphatic rings. The van der Waals surface area contributed by atoms with Crippen LogP contribution in [0.1, 0.15) is 19.3 Å². The summed E-state index contributed by atoms with van der Waals surface area (Å²) >= 11 is 0. The Hall–Kier alpha value is -1.73. The molecule has 0 radical (unpaired) electrons. The van der Waals surface area contributed by atoms with Gasteiger partial charge in [-0.3, -0.25) is 9.59 Å². The van der Waals surface area contributed by atoms with Crippen LogP contribution < -0.4 is 10.2 Å². The molecular formula is C17H22ClF2N3O2. The molecule has 0 bridgehead atoms. The summed E-state index contributed by atoms with van der Waals surface area (Å²) in [6.07, 6.45) is 1.85. The van der Waals surface area contributed by atoms with Gasteiger partial charge in [0.15, 0.2) is 0 Å². The Morgan fingerprint density at radius 1 is 1.24 bits per heavy atom. The van der Waals surface area contributed by atoms with Crippen molar-refractivity contribution >= 4 is 29.9 Å². The molecular weight excluding hydrogens is 352 g/mol. The predicted octanol–water partition coefficient (Wildman–Crippen LogP) is 1.95. The van der Waals surface area contributed by atoms with Crippen molar-refractivity contribution in [2.45, 2.75) is 25.3 Å². The average molecular weight is 374 g/mol. The van der Waals surface area contributed by atoms with Crippen LogP contribution in [-0.2, 0) is 9.59 Å². The van der Waals surface area contributed by atoms with E-state index in [1.807, 2.05) is 7.05 Å². The highest BCUT2D eigenvalue weighted by Gasteiger charge is 2.38. The van der Waals surface area contributed by atoms with E-state index in [2.05, 4.69) is 5.32 Å². The standard InChI is InChI=1S/C17H21F2N3O2.ClH/c1-20-13-4-6-21(7-5-13)17(24)11-8-16(23)22(10-11)15-3-2-12(18)9-14(15)19;/h2-3,9,11,13,20H,4-8,10H2,1H3;1H. The number of carbonyl (C=O) groups excluding carboxylic acids is 2. The molecule has 3 rings (SSSR count). The highest BCUT2D eigenvalue weighted by atomic mass is 35.5. The fourth-order valence-corrected chi connectivity index (χ4v) is 3.45. The minimum absolute atomic E-state index is 0. The molecule has 2 aliphatic heterocycles. The van der Waals surface area contributed by atoms with Gasteiger partial charge in [0.2, 0.25) is 11.8 Å². The lowest BCUT2D eigenvalue weighted by Crippen LogP contribution is -2.46. The number of anilines is 1. The van der Waals surface area contributed by atoms with Crippen molar-refractivity contribution in [3.8, 4) is 0 Å². The number of carbonyl (C=O) groups is 2. The number of nitrogens with one attached hydrogen (secondary N) is 1. The minimum Gasteiger partial charge on any atom is -0.342 e. The number of rotatable bonds is 3. The van der Waals surface area contributed by atoms with Crippen LogP contribution in [0.4, 0.5) is 14.5 Å². The zero-order valence-electron chi connectivity index (χ0n) is 14.0. The van der Waals surface area contributed by atoms with E-state index in [4.69, 9.17) is 0 Å². The van der Waals surface area contributed by atoms with Crippen molar-refractivity contribution in [2.24, 2.45) is 5.92 Å². The normalized spacial score (nSPS) is 21.4. The van der Waals surface area contributed by atoms with Gasteiger partial charge in [-0.25, -0.2) is 8.78 Å². The molecule has 2 amide bonds. The molecule has 25 heavy (non-hydrogen) atoms. The quantitative estimate of drug-likeness (QED) is 0.881. The van der Waals surface area contributed by atoms with E-state index in [1.54, 1.807) is 4.90 Å². The third kappa shape index (κ3) is 4.10. The van der Waals surface area contributed by atoms with Gasteiger partial charge in [-0.15, -0.1) is 12.4 Å². The first-order valence-electron chi connectivity index (χ1n) is 8.21. The molecule has 2 saturated heterocycles. The first-order chi connectivity index (χ1) is 11.5. The molecule has 1 atom stereocenters. The topological polar surface area (TPSA) is 52.7 Å². The number of hydrogen-bond acceptors (Lipinski definition) is 3. The SMILES string of the molecule is CNC1CCN(C(=O)C2CC(=O)N(c3ccc(F)cc3F)C2)CC1.Cl. The molecule has 0 saturated carbocycles. The van der Waals surface area contributed by atoms with Gasteiger partial charge in [0.1, 0.15) is 11.6 Å². The molecule has 1 unspecified atom stereocenters. The Balaban J connectivity index is 0.00000225. The van der Waals surface area contributed by atoms with Crippen molar-refractivity contribution in [1.29, 1.82) is 0 Å². The minimum atomic E-state index is -0.786. The number of benzene rings is 1. The second kappa shape index (κ2) is 8.10. The fourth-order valence-electron chi connectivity index (χ4n) is 3.45. The third-order valence-corrected chi connectivity index (χ3v) is 4.89. The zero-order chi connectivity index (χ0) is 17.3. The van der Waals surface area contributed by atoms with Gasteiger partial charge in [-0.05, 0) is 32.0 Å². The van der Waals surface area contributed by atoms with Crippen LogP contribution in [0.25, 0.3) is 0 Å². The van der Waals surface area contributed by atoms with Crippen LogP contribution in [0.2, 0.25) is 0 Å². The van der Waals surface area contributed by atoms with Crippen molar-refractivity contribution in [3.63, 3.8) is 0 Å². The Kier molecular flexibility index (Phi) is 6.35. The molecule has 8 heteroatoms. The lowest BCUT2D eigenvalue weighted by molar-refractivity contribution is -0.136. The van der Waals surface area contributed by atoms with Crippen LogP contribution in [-0.4, -0.2) is 49.4 Å². The number of piperidine rings is 1. The molecule has 5 nitrogen and oxygen atoms in total. The van der Waals surface area contributed by atoms with Crippen molar-refractivity contribution in [2.75, 3.05) is 31.6 Å². The Morgan fingerprint density at radius 3 is 2.52 bits per heavy atom. The van der Waals surface area contributed by atoms with E-state index < -0.39 is 17.6 Å². The Morgan fingerprint density at radius 2 is 1.92 bits per heavy atom. The highest BCUT2D eigenvalue weighted by Crippen LogP contribution is 2.29. The summed E-state index contributed by atoms with van der Waals surface area (Å²) < 4.78 is 26.9. The highest BCUT2D eigenvalue weighted by molar-refractivity contribution is 6.00. The first-order valence-corrected chi connectivity index (χ1v) is 8.21. The Bertz CT molecular complexity index is 651. The number of hydrogen-bond donors (Lipinski definition) is 1. The lowest BCUT2D eigenvalue weighted by Gasteiger charge is -2.33. The molecule has 1 aromatic rings. The van der Waals surface area contributed by atoms with E-state index in [0.29, 0.717) is 19.1 Å². The van der Waals surface area contributed by atoms with Gasteiger partial charge in [-0.1, -0.05) is 0 Å². The van der Waals surface area contributed by atoms with Gasteiger partial charge in [-0.2, -0.15) is 0 Å². The second-order valence-corrected chi connectivity index (χ2v) is 6.39. The predicted molar refractivity (Wildman–Crippen MR) is 92.7 cm³/mol. The maximum Gasteiger partial charge on any atom is 0.228 e. The van der Waals surface area contributed by atoms with Gasteiger partial charge >= 0.3 is 0 Å². The summed E-state index contributed by atoms with van der Waals surface area (Å²) in [5.74, 6) is -2.30. The fraction of sp³-hybridized carbons (Fsp3) is 0.529. The molecule has 138 valence electrons. The lowest BCUT2D eigenvalue weighted by atomic mass is 10.0. The maximum absolute atomic E-state index is 13.9. The molecule has 2 heterocycles. The van der Waals surface area contributed by atoms with Crippen LogP contribution in [0, 0.1) is 17.6 Å². The van der Waals surface area contributed by atoms with E-state index in [9.17, 15) is 18.4 Å². The van der Waals surface area contributed by atoms with Gasteiger partial charge < -0.3 is 15.1 Å². The van der Waals surface area contributed by atoms with Gasteiger partial charge in [0.25, 0.3) is 0 Å². The Labute approximate surface area is 151 Å². The molecule has 2 fully saturated rings. The summed E-state index contributed by atoms with van der Waals surface area (Å²) in [6, 6.07) is 3.53. The smallest absolute Gasteiger partial charge is 0.228 e. The van der Waals surface area contributed by atoms with Crippen LogP contribution in [0.5, 0.6) is 0 Å². The van der Waals surface area contributed by atoms with Crippen LogP contribution in [0.3, 0.4) is 0 Å². The van der Waals surface area contributed by atoms with Crippen molar-refractivity contribution < 1.29 is 18.4 Å². The summed E-state index contributed by atoms with van der Waals surface area (Å²) in [4.78, 5) is 27.9. The average Bonchev–Trinajstić information content (AvgIpc) is 2.96. The van der Waals surface area contributed by atoms with Crippen LogP contribution >= 0.6 is 12.4 Å². The third-order valence-electron chi connectivity index (χ3n) is 4.89. The zero-order valence-corrected chi connectivity index (χ0v) is 14.8. The van der Waals surface area contributed by atoms with E-state index in [0.717, 1.165) is 25.0 Å². The maximum atomic E-state index is 13.9. The largest absolute Gasteiger partial charge is 0.342 e.